The molecule has 4 amide bonds. The standard InChI is InChI=1S/C38H40N2O8S/c1-6-18-37(5,19-7-2)38(9-4,20-8-3)23-39-33(42)28-16-10-24(21-30(28)34(39)43)32(41)25-11-17-29-31(22-25)36(45)40(35(29)44)26-12-14-27(15-13-26)49(46,47)48/h6,10-17,21-22H,1,7-9,18-20,23H2,2-5H3,(H,46,47,48). The van der Waals surface area contributed by atoms with Crippen LogP contribution in [0.15, 0.2) is 78.2 Å². The lowest BCUT2D eigenvalue weighted by atomic mass is 9.57. The summed E-state index contributed by atoms with van der Waals surface area (Å²) in [6.07, 6.45) is 7.03. The Kier molecular flexibility index (Phi) is 9.64. The first-order chi connectivity index (χ1) is 23.2. The number of rotatable bonds is 14. The minimum Gasteiger partial charge on any atom is -0.289 e. The number of imide groups is 2. The van der Waals surface area contributed by atoms with Gasteiger partial charge in [-0.3, -0.25) is 33.4 Å². The van der Waals surface area contributed by atoms with Crippen LogP contribution in [0, 0.1) is 10.8 Å². The predicted molar refractivity (Wildman–Crippen MR) is 185 cm³/mol. The molecule has 3 aromatic rings. The Bertz CT molecular complexity index is 2000. The third kappa shape index (κ3) is 6.06. The smallest absolute Gasteiger partial charge is 0.289 e. The Morgan fingerprint density at radius 1 is 0.776 bits per heavy atom. The number of hydrogen-bond acceptors (Lipinski definition) is 7. The number of hydrogen-bond donors (Lipinski definition) is 1. The van der Waals surface area contributed by atoms with Gasteiger partial charge in [0, 0.05) is 17.7 Å². The van der Waals surface area contributed by atoms with Crippen molar-refractivity contribution in [3.63, 3.8) is 0 Å². The van der Waals surface area contributed by atoms with Gasteiger partial charge in [0.25, 0.3) is 33.7 Å². The van der Waals surface area contributed by atoms with Gasteiger partial charge in [0.15, 0.2) is 5.78 Å². The monoisotopic (exact) mass is 684 g/mol. The van der Waals surface area contributed by atoms with Crippen LogP contribution in [0.4, 0.5) is 5.69 Å². The molecular weight excluding hydrogens is 644 g/mol. The van der Waals surface area contributed by atoms with Gasteiger partial charge in [0.05, 0.1) is 32.8 Å². The number of benzene rings is 3. The SMILES string of the molecule is C=CCC(C)(CCC)C(CC)(CCC)CN1C(=O)c2ccc(C(=O)c3ccc4c(c3)C(=O)N(c3ccc(S(=O)(=O)O)cc3)C4=O)cc2C1=O. The number of anilines is 1. The van der Waals surface area contributed by atoms with Crippen LogP contribution in [-0.2, 0) is 10.1 Å². The number of nitrogens with zero attached hydrogens (tertiary/aromatic N) is 2. The van der Waals surface area contributed by atoms with Crippen molar-refractivity contribution in [3.05, 3.63) is 107 Å². The summed E-state index contributed by atoms with van der Waals surface area (Å²) in [5, 5.41) is 0. The molecule has 0 saturated heterocycles. The molecule has 2 unspecified atom stereocenters. The van der Waals surface area contributed by atoms with Crippen LogP contribution in [0.1, 0.15) is 124 Å². The molecule has 0 aromatic heterocycles. The number of ketones is 1. The molecule has 2 atom stereocenters. The van der Waals surface area contributed by atoms with Crippen molar-refractivity contribution in [2.75, 3.05) is 11.4 Å². The highest BCUT2D eigenvalue weighted by Crippen LogP contribution is 2.52. The maximum atomic E-state index is 13.9. The van der Waals surface area contributed by atoms with E-state index in [-0.39, 0.29) is 56.4 Å². The summed E-state index contributed by atoms with van der Waals surface area (Å²) in [5.41, 5.74) is 0.231. The first kappa shape index (κ1) is 35.6. The Morgan fingerprint density at radius 2 is 1.29 bits per heavy atom. The van der Waals surface area contributed by atoms with E-state index < -0.39 is 44.4 Å². The zero-order valence-electron chi connectivity index (χ0n) is 28.1. The molecule has 2 aliphatic heterocycles. The zero-order valence-corrected chi connectivity index (χ0v) is 28.9. The van der Waals surface area contributed by atoms with E-state index in [0.29, 0.717) is 0 Å². The van der Waals surface area contributed by atoms with Crippen molar-refractivity contribution in [1.82, 2.24) is 4.90 Å². The summed E-state index contributed by atoms with van der Waals surface area (Å²) >= 11 is 0. The van der Waals surface area contributed by atoms with Crippen molar-refractivity contribution in [3.8, 4) is 0 Å². The number of allylic oxidation sites excluding steroid dienone is 1. The van der Waals surface area contributed by atoms with Crippen molar-refractivity contribution >= 4 is 45.2 Å². The summed E-state index contributed by atoms with van der Waals surface area (Å²) in [7, 11) is -4.47. The molecule has 2 aliphatic rings. The van der Waals surface area contributed by atoms with E-state index in [4.69, 9.17) is 0 Å². The van der Waals surface area contributed by atoms with Gasteiger partial charge in [-0.15, -0.1) is 6.58 Å². The number of carbonyl (C=O) groups is 5. The van der Waals surface area contributed by atoms with Crippen LogP contribution in [0.5, 0.6) is 0 Å². The molecular formula is C38H40N2O8S. The molecule has 49 heavy (non-hydrogen) atoms. The average molecular weight is 685 g/mol. The van der Waals surface area contributed by atoms with Crippen molar-refractivity contribution in [1.29, 1.82) is 0 Å². The Labute approximate surface area is 286 Å². The normalized spacial score (nSPS) is 16.8. The van der Waals surface area contributed by atoms with Gasteiger partial charge in [0.2, 0.25) is 0 Å². The lowest BCUT2D eigenvalue weighted by Crippen LogP contribution is -2.49. The van der Waals surface area contributed by atoms with Crippen LogP contribution in [0.25, 0.3) is 0 Å². The van der Waals surface area contributed by atoms with Crippen LogP contribution in [0.3, 0.4) is 0 Å². The molecule has 0 radical (unpaired) electrons. The van der Waals surface area contributed by atoms with Gasteiger partial charge in [0.1, 0.15) is 0 Å². The second-order valence-corrected chi connectivity index (χ2v) is 14.6. The Hall–Kier alpha value is -4.74. The summed E-state index contributed by atoms with van der Waals surface area (Å²) in [5.74, 6) is -2.72. The van der Waals surface area contributed by atoms with E-state index in [1.807, 2.05) is 6.08 Å². The van der Waals surface area contributed by atoms with Crippen molar-refractivity contribution in [2.45, 2.75) is 71.1 Å². The van der Waals surface area contributed by atoms with Gasteiger partial charge in [-0.25, -0.2) is 4.90 Å². The fourth-order valence-electron chi connectivity index (χ4n) is 7.65. The summed E-state index contributed by atoms with van der Waals surface area (Å²) < 4.78 is 32.1. The quantitative estimate of drug-likeness (QED) is 0.0816. The van der Waals surface area contributed by atoms with E-state index in [1.165, 1.54) is 53.4 Å². The molecule has 256 valence electrons. The molecule has 2 heterocycles. The minimum absolute atomic E-state index is 0.0187. The molecule has 11 heteroatoms. The third-order valence-corrected chi connectivity index (χ3v) is 11.2. The molecule has 10 nitrogen and oxygen atoms in total. The zero-order chi connectivity index (χ0) is 35.9. The highest BCUT2D eigenvalue weighted by molar-refractivity contribution is 7.85. The van der Waals surface area contributed by atoms with Gasteiger partial charge in [-0.2, -0.15) is 8.42 Å². The van der Waals surface area contributed by atoms with Gasteiger partial charge in [-0.05, 0) is 85.0 Å². The van der Waals surface area contributed by atoms with Crippen LogP contribution in [-0.4, -0.2) is 53.8 Å². The summed E-state index contributed by atoms with van der Waals surface area (Å²) in [6.45, 7) is 12.8. The third-order valence-electron chi connectivity index (χ3n) is 10.3. The second-order valence-electron chi connectivity index (χ2n) is 13.1. The topological polar surface area (TPSA) is 146 Å². The fraction of sp³-hybridized carbons (Fsp3) is 0.342. The van der Waals surface area contributed by atoms with Gasteiger partial charge < -0.3 is 0 Å². The molecule has 0 spiro atoms. The highest BCUT2D eigenvalue weighted by atomic mass is 32.2. The maximum Gasteiger partial charge on any atom is 0.294 e. The predicted octanol–water partition coefficient (Wildman–Crippen LogP) is 7.14. The minimum atomic E-state index is -4.47. The largest absolute Gasteiger partial charge is 0.294 e. The molecule has 0 aliphatic carbocycles. The molecule has 5 rings (SSSR count). The van der Waals surface area contributed by atoms with E-state index in [1.54, 1.807) is 0 Å². The second kappa shape index (κ2) is 13.3. The first-order valence-corrected chi connectivity index (χ1v) is 17.9. The average Bonchev–Trinajstić information content (AvgIpc) is 3.46. The first-order valence-electron chi connectivity index (χ1n) is 16.4. The van der Waals surface area contributed by atoms with Gasteiger partial charge >= 0.3 is 0 Å². The maximum absolute atomic E-state index is 13.9. The molecule has 0 fully saturated rings. The van der Waals surface area contributed by atoms with E-state index >= 15 is 0 Å². The van der Waals surface area contributed by atoms with E-state index in [2.05, 4.69) is 34.3 Å². The summed E-state index contributed by atoms with van der Waals surface area (Å²) in [6, 6.07) is 13.1. The number of fused-ring (bicyclic) bond motifs is 2. The van der Waals surface area contributed by atoms with Crippen LogP contribution >= 0.6 is 0 Å². The van der Waals surface area contributed by atoms with Crippen LogP contribution in [0.2, 0.25) is 0 Å². The van der Waals surface area contributed by atoms with Crippen molar-refractivity contribution in [2.24, 2.45) is 10.8 Å². The molecule has 1 N–H and O–H groups in total. The lowest BCUT2D eigenvalue weighted by Gasteiger charge is -2.50. The van der Waals surface area contributed by atoms with E-state index in [9.17, 15) is 36.9 Å². The van der Waals surface area contributed by atoms with Gasteiger partial charge in [-0.1, -0.05) is 58.7 Å². The fourth-order valence-corrected chi connectivity index (χ4v) is 8.13. The Balaban J connectivity index is 1.42. The summed E-state index contributed by atoms with van der Waals surface area (Å²) in [4.78, 5) is 69.5. The number of amides is 4. The molecule has 3 aromatic carbocycles. The Morgan fingerprint density at radius 3 is 1.80 bits per heavy atom. The van der Waals surface area contributed by atoms with Crippen LogP contribution < -0.4 is 4.90 Å². The highest BCUT2D eigenvalue weighted by Gasteiger charge is 2.49. The van der Waals surface area contributed by atoms with Crippen molar-refractivity contribution < 1.29 is 36.9 Å². The molecule has 0 bridgehead atoms. The van der Waals surface area contributed by atoms with E-state index in [0.717, 1.165) is 55.6 Å². The molecule has 0 saturated carbocycles. The lowest BCUT2D eigenvalue weighted by molar-refractivity contribution is -0.00141. The number of carbonyl (C=O) groups excluding carboxylic acids is 5.